The zero-order valence-corrected chi connectivity index (χ0v) is 32.1. The van der Waals surface area contributed by atoms with Gasteiger partial charge in [-0.1, -0.05) is 39.0 Å². The van der Waals surface area contributed by atoms with Crippen molar-refractivity contribution in [2.75, 3.05) is 178 Å². The molecule has 0 spiro atoms. The van der Waals surface area contributed by atoms with E-state index in [1.807, 2.05) is 0 Å². The van der Waals surface area contributed by atoms with Crippen LogP contribution in [0.2, 0.25) is 0 Å². The lowest BCUT2D eigenvalue weighted by atomic mass is 10.1. The van der Waals surface area contributed by atoms with Gasteiger partial charge in [-0.3, -0.25) is 0 Å². The second kappa shape index (κ2) is 43.8. The minimum Gasteiger partial charge on any atom is -0.379 e. The first kappa shape index (κ1) is 48.5. The van der Waals surface area contributed by atoms with Gasteiger partial charge in [-0.05, 0) is 32.4 Å². The van der Waals surface area contributed by atoms with Crippen LogP contribution in [-0.2, 0) is 61.6 Å². The number of rotatable bonds is 44. The highest BCUT2D eigenvalue weighted by Crippen LogP contribution is 2.06. The summed E-state index contributed by atoms with van der Waals surface area (Å²) in [5.74, 6) is 0. The van der Waals surface area contributed by atoms with Gasteiger partial charge in [-0.15, -0.1) is 0 Å². The Morgan fingerprint density at radius 2 is 0.569 bits per heavy atom. The first-order valence-electron chi connectivity index (χ1n) is 19.7. The molecular weight excluding hydrogens is 666 g/mol. The van der Waals surface area contributed by atoms with Crippen LogP contribution in [0.25, 0.3) is 0 Å². The summed E-state index contributed by atoms with van der Waals surface area (Å²) in [4.78, 5) is 0. The van der Waals surface area contributed by atoms with E-state index in [1.165, 1.54) is 32.1 Å². The van der Waals surface area contributed by atoms with Crippen molar-refractivity contribution in [3.8, 4) is 0 Å². The molecule has 0 unspecified atom stereocenters. The third-order valence-electron chi connectivity index (χ3n) is 7.60. The molecule has 1 rings (SSSR count). The minimum atomic E-state index is 0.372. The van der Waals surface area contributed by atoms with Crippen LogP contribution in [0.4, 0.5) is 0 Å². The van der Waals surface area contributed by atoms with E-state index in [9.17, 15) is 0 Å². The maximum Gasteiger partial charge on any atom is 0.0704 e. The lowest BCUT2D eigenvalue weighted by Crippen LogP contribution is -2.33. The van der Waals surface area contributed by atoms with Crippen molar-refractivity contribution in [3.63, 3.8) is 0 Å². The summed E-state index contributed by atoms with van der Waals surface area (Å²) in [6.45, 7) is 18.3. The van der Waals surface area contributed by atoms with Crippen molar-refractivity contribution >= 4 is 0 Å². The Morgan fingerprint density at radius 1 is 0.314 bits per heavy atom. The lowest BCUT2D eigenvalue weighted by Gasteiger charge is -2.22. The first-order valence-corrected chi connectivity index (χ1v) is 19.7. The van der Waals surface area contributed by atoms with Crippen molar-refractivity contribution in [1.29, 1.82) is 0 Å². The van der Waals surface area contributed by atoms with Crippen LogP contribution in [0.3, 0.4) is 0 Å². The Kier molecular flexibility index (Phi) is 41.7. The van der Waals surface area contributed by atoms with Gasteiger partial charge < -0.3 is 66.9 Å². The second-order valence-electron chi connectivity index (χ2n) is 11.9. The van der Waals surface area contributed by atoms with Crippen molar-refractivity contribution in [2.24, 2.45) is 0 Å². The summed E-state index contributed by atoms with van der Waals surface area (Å²) in [5.41, 5.74) is 0. The molecule has 14 nitrogen and oxygen atoms in total. The minimum absolute atomic E-state index is 0.372. The molecule has 1 fully saturated rings. The normalized spacial score (nSPS) is 13.8. The summed E-state index contributed by atoms with van der Waals surface area (Å²) < 4.78 is 72.0. The highest BCUT2D eigenvalue weighted by atomic mass is 16.6. The highest BCUT2D eigenvalue weighted by molar-refractivity contribution is 4.67. The lowest BCUT2D eigenvalue weighted by molar-refractivity contribution is -0.0327. The second-order valence-corrected chi connectivity index (χ2v) is 11.9. The maximum absolute atomic E-state index is 5.80. The van der Waals surface area contributed by atoms with Gasteiger partial charge in [0, 0.05) is 6.61 Å². The van der Waals surface area contributed by atoms with Crippen LogP contribution < -0.4 is 5.32 Å². The van der Waals surface area contributed by atoms with E-state index in [-0.39, 0.29) is 0 Å². The van der Waals surface area contributed by atoms with Crippen molar-refractivity contribution in [2.45, 2.75) is 64.4 Å². The summed E-state index contributed by atoms with van der Waals surface area (Å²) >= 11 is 0. The molecule has 0 aromatic rings. The van der Waals surface area contributed by atoms with Gasteiger partial charge in [0.05, 0.1) is 165 Å². The third-order valence-corrected chi connectivity index (χ3v) is 7.60. The van der Waals surface area contributed by atoms with Crippen molar-refractivity contribution < 1.29 is 61.6 Å². The predicted octanol–water partition coefficient (Wildman–Crippen LogP) is 3.31. The standard InChI is InChI=1S/C37H75NO13/c1-2-3-4-5-6-7-12-39-13-14-40-15-16-41-17-18-42-19-20-43-21-22-44-23-24-45-25-26-46-27-28-47-29-30-48-31-32-49-33-34-50-35-36-51-37-8-10-38-11-9-37/h37-38H,2-36H2,1H3. The molecule has 1 saturated heterocycles. The van der Waals surface area contributed by atoms with Crippen molar-refractivity contribution in [3.05, 3.63) is 0 Å². The fraction of sp³-hybridized carbons (Fsp3) is 1.00. The molecule has 1 heterocycles. The quantitative estimate of drug-likeness (QED) is 0.0917. The monoisotopic (exact) mass is 742 g/mol. The molecule has 0 saturated carbocycles. The molecule has 0 atom stereocenters. The number of hydrogen-bond donors (Lipinski definition) is 1. The summed E-state index contributed by atoms with van der Waals surface area (Å²) in [6, 6.07) is 0. The molecular formula is C37H75NO13. The molecule has 1 N–H and O–H groups in total. The molecule has 0 bridgehead atoms. The van der Waals surface area contributed by atoms with E-state index in [2.05, 4.69) is 12.2 Å². The van der Waals surface area contributed by atoms with E-state index < -0.39 is 0 Å². The molecule has 306 valence electrons. The Bertz CT molecular complexity index is 635. The van der Waals surface area contributed by atoms with Gasteiger partial charge >= 0.3 is 0 Å². The Hall–Kier alpha value is -0.560. The van der Waals surface area contributed by atoms with Crippen LogP contribution in [0.1, 0.15) is 58.3 Å². The van der Waals surface area contributed by atoms with E-state index in [4.69, 9.17) is 61.6 Å². The molecule has 1 aliphatic heterocycles. The zero-order chi connectivity index (χ0) is 36.2. The summed E-state index contributed by atoms with van der Waals surface area (Å²) in [7, 11) is 0. The van der Waals surface area contributed by atoms with E-state index >= 15 is 0 Å². The molecule has 14 heteroatoms. The van der Waals surface area contributed by atoms with Crippen LogP contribution in [0.15, 0.2) is 0 Å². The number of ether oxygens (including phenoxy) is 13. The SMILES string of the molecule is CCCCCCCCOCCOCCOCCOCCOCCOCCOCCOCCOCCOCCOCCOCCOC1CCNCC1. The van der Waals surface area contributed by atoms with Gasteiger partial charge in [-0.2, -0.15) is 0 Å². The number of nitrogens with one attached hydrogen (secondary N) is 1. The molecule has 0 aromatic heterocycles. The van der Waals surface area contributed by atoms with E-state index in [0.717, 1.165) is 39.0 Å². The fourth-order valence-corrected chi connectivity index (χ4v) is 4.74. The van der Waals surface area contributed by atoms with Gasteiger partial charge in [0.1, 0.15) is 0 Å². The highest BCUT2D eigenvalue weighted by Gasteiger charge is 2.12. The summed E-state index contributed by atoms with van der Waals surface area (Å²) in [6.07, 6.45) is 10.2. The zero-order valence-electron chi connectivity index (χ0n) is 32.1. The Balaban J connectivity index is 1.59. The van der Waals surface area contributed by atoms with Crippen LogP contribution in [0.5, 0.6) is 0 Å². The molecule has 0 amide bonds. The fourth-order valence-electron chi connectivity index (χ4n) is 4.74. The Labute approximate surface area is 309 Å². The van der Waals surface area contributed by atoms with Crippen molar-refractivity contribution in [1.82, 2.24) is 5.32 Å². The number of piperidine rings is 1. The number of unbranched alkanes of at least 4 members (excludes halogenated alkanes) is 5. The average Bonchev–Trinajstić information content (AvgIpc) is 3.15. The van der Waals surface area contributed by atoms with E-state index in [0.29, 0.717) is 165 Å². The maximum atomic E-state index is 5.80. The van der Waals surface area contributed by atoms with Gasteiger partial charge in [0.15, 0.2) is 0 Å². The smallest absolute Gasteiger partial charge is 0.0704 e. The molecule has 0 radical (unpaired) electrons. The predicted molar refractivity (Wildman–Crippen MR) is 195 cm³/mol. The average molecular weight is 742 g/mol. The van der Waals surface area contributed by atoms with Gasteiger partial charge in [0.25, 0.3) is 0 Å². The Morgan fingerprint density at radius 3 is 0.882 bits per heavy atom. The van der Waals surface area contributed by atoms with E-state index in [1.54, 1.807) is 0 Å². The first-order chi connectivity index (χ1) is 25.4. The molecule has 51 heavy (non-hydrogen) atoms. The van der Waals surface area contributed by atoms with Crippen LogP contribution in [0, 0.1) is 0 Å². The largest absolute Gasteiger partial charge is 0.379 e. The summed E-state index contributed by atoms with van der Waals surface area (Å²) in [5, 5.41) is 3.33. The molecule has 0 aromatic carbocycles. The molecule has 1 aliphatic rings. The van der Waals surface area contributed by atoms with Gasteiger partial charge in [-0.25, -0.2) is 0 Å². The topological polar surface area (TPSA) is 132 Å². The number of hydrogen-bond acceptors (Lipinski definition) is 14. The third kappa shape index (κ3) is 40.5. The molecule has 0 aliphatic carbocycles. The van der Waals surface area contributed by atoms with Crippen LogP contribution >= 0.6 is 0 Å². The van der Waals surface area contributed by atoms with Gasteiger partial charge in [0.2, 0.25) is 0 Å². The van der Waals surface area contributed by atoms with Crippen LogP contribution in [-0.4, -0.2) is 184 Å².